The van der Waals surface area contributed by atoms with Crippen molar-refractivity contribution in [3.8, 4) is 0 Å². The molecule has 0 bridgehead atoms. The van der Waals surface area contributed by atoms with Gasteiger partial charge in [-0.05, 0) is 54.8 Å². The maximum Gasteiger partial charge on any atom is 0.0578 e. The van der Waals surface area contributed by atoms with Crippen molar-refractivity contribution in [1.82, 2.24) is 14.9 Å². The Morgan fingerprint density at radius 2 is 1.72 bits per heavy atom. The summed E-state index contributed by atoms with van der Waals surface area (Å²) in [5.41, 5.74) is 4.99. The Bertz CT molecular complexity index is 802. The van der Waals surface area contributed by atoms with E-state index in [0.717, 1.165) is 25.2 Å². The average molecular weight is 329 g/mol. The van der Waals surface area contributed by atoms with Crippen LogP contribution in [-0.2, 0) is 13.0 Å². The summed E-state index contributed by atoms with van der Waals surface area (Å²) in [6.07, 6.45) is 7.07. The zero-order valence-electron chi connectivity index (χ0n) is 14.4. The van der Waals surface area contributed by atoms with Gasteiger partial charge in [-0.1, -0.05) is 36.4 Å². The van der Waals surface area contributed by atoms with Crippen LogP contribution >= 0.6 is 0 Å². The molecule has 25 heavy (non-hydrogen) atoms. The summed E-state index contributed by atoms with van der Waals surface area (Å²) in [5, 5.41) is 0. The van der Waals surface area contributed by atoms with Gasteiger partial charge in [0.05, 0.1) is 11.7 Å². The average Bonchev–Trinajstić information content (AvgIpc) is 3.12. The highest BCUT2D eigenvalue weighted by molar-refractivity contribution is 5.24. The van der Waals surface area contributed by atoms with Crippen LogP contribution in [0.2, 0.25) is 0 Å². The smallest absolute Gasteiger partial charge is 0.0578 e. The molecule has 1 unspecified atom stereocenters. The fourth-order valence-corrected chi connectivity index (χ4v) is 3.66. The molecule has 3 heterocycles. The highest BCUT2D eigenvalue weighted by Crippen LogP contribution is 2.32. The number of nitrogens with zero attached hydrogens (tertiary/aromatic N) is 3. The molecule has 0 radical (unpaired) electrons. The molecule has 1 aliphatic rings. The van der Waals surface area contributed by atoms with Gasteiger partial charge in [0.2, 0.25) is 0 Å². The minimum atomic E-state index is 0.420. The molecule has 126 valence electrons. The molecular formula is C22H23N3. The van der Waals surface area contributed by atoms with Crippen molar-refractivity contribution in [3.63, 3.8) is 0 Å². The van der Waals surface area contributed by atoms with Gasteiger partial charge in [0.25, 0.3) is 0 Å². The number of hydrogen-bond donors (Lipinski definition) is 0. The number of pyridine rings is 2. The van der Waals surface area contributed by atoms with Crippen molar-refractivity contribution in [2.24, 2.45) is 0 Å². The van der Waals surface area contributed by atoms with Crippen molar-refractivity contribution < 1.29 is 0 Å². The zero-order valence-corrected chi connectivity index (χ0v) is 14.4. The quantitative estimate of drug-likeness (QED) is 0.694. The number of rotatable bonds is 5. The predicted octanol–water partition coefficient (Wildman–Crippen LogP) is 4.40. The lowest BCUT2D eigenvalue weighted by atomic mass is 10.1. The molecule has 1 atom stereocenters. The number of likely N-dealkylation sites (tertiary alicyclic amines) is 1. The van der Waals surface area contributed by atoms with E-state index in [9.17, 15) is 0 Å². The van der Waals surface area contributed by atoms with Gasteiger partial charge in [-0.3, -0.25) is 14.9 Å². The molecule has 4 rings (SSSR count). The summed E-state index contributed by atoms with van der Waals surface area (Å²) < 4.78 is 0. The topological polar surface area (TPSA) is 29.0 Å². The Kier molecular flexibility index (Phi) is 4.84. The Balaban J connectivity index is 1.51. The molecule has 0 aliphatic carbocycles. The standard InChI is InChI=1S/C22H23N3/c1-2-6-18(7-3-1)16-20-8-4-9-21(24-20)22-10-5-15-25(22)17-19-11-13-23-14-12-19/h1-4,6-9,11-14,22H,5,10,15-17H2. The monoisotopic (exact) mass is 329 g/mol. The van der Waals surface area contributed by atoms with Crippen molar-refractivity contribution >= 4 is 0 Å². The summed E-state index contributed by atoms with van der Waals surface area (Å²) in [6, 6.07) is 21.7. The molecule has 3 aromatic rings. The van der Waals surface area contributed by atoms with E-state index in [1.807, 2.05) is 12.4 Å². The van der Waals surface area contributed by atoms with E-state index < -0.39 is 0 Å². The van der Waals surface area contributed by atoms with Gasteiger partial charge in [-0.25, -0.2) is 0 Å². The van der Waals surface area contributed by atoms with Crippen LogP contribution in [0, 0.1) is 0 Å². The summed E-state index contributed by atoms with van der Waals surface area (Å²) in [5.74, 6) is 0. The predicted molar refractivity (Wildman–Crippen MR) is 100 cm³/mol. The van der Waals surface area contributed by atoms with Gasteiger partial charge >= 0.3 is 0 Å². The van der Waals surface area contributed by atoms with E-state index in [2.05, 4.69) is 70.5 Å². The molecule has 3 heteroatoms. The first kappa shape index (κ1) is 16.0. The van der Waals surface area contributed by atoms with Crippen LogP contribution in [0.1, 0.15) is 41.4 Å². The van der Waals surface area contributed by atoms with Crippen molar-refractivity contribution in [1.29, 1.82) is 0 Å². The SMILES string of the molecule is c1ccc(Cc2cccc(C3CCCN3Cc3ccncc3)n2)cc1. The third kappa shape index (κ3) is 3.94. The van der Waals surface area contributed by atoms with Crippen LogP contribution in [0.3, 0.4) is 0 Å². The van der Waals surface area contributed by atoms with Gasteiger partial charge in [0, 0.05) is 31.1 Å². The van der Waals surface area contributed by atoms with Gasteiger partial charge in [-0.2, -0.15) is 0 Å². The number of aromatic nitrogens is 2. The molecule has 1 fully saturated rings. The second-order valence-electron chi connectivity index (χ2n) is 6.70. The molecule has 0 N–H and O–H groups in total. The second kappa shape index (κ2) is 7.58. The van der Waals surface area contributed by atoms with E-state index in [1.165, 1.54) is 29.7 Å². The fraction of sp³-hybridized carbons (Fsp3) is 0.273. The Morgan fingerprint density at radius 3 is 2.56 bits per heavy atom. The third-order valence-electron chi connectivity index (χ3n) is 4.90. The van der Waals surface area contributed by atoms with Crippen LogP contribution in [0.25, 0.3) is 0 Å². The van der Waals surface area contributed by atoms with E-state index in [1.54, 1.807) is 0 Å². The van der Waals surface area contributed by atoms with E-state index in [4.69, 9.17) is 4.98 Å². The van der Waals surface area contributed by atoms with Gasteiger partial charge < -0.3 is 0 Å². The van der Waals surface area contributed by atoms with Gasteiger partial charge in [0.15, 0.2) is 0 Å². The van der Waals surface area contributed by atoms with Crippen LogP contribution < -0.4 is 0 Å². The lowest BCUT2D eigenvalue weighted by molar-refractivity contribution is 0.244. The molecule has 1 saturated heterocycles. The van der Waals surface area contributed by atoms with E-state index in [0.29, 0.717) is 6.04 Å². The summed E-state index contributed by atoms with van der Waals surface area (Å²) >= 11 is 0. The molecule has 0 spiro atoms. The van der Waals surface area contributed by atoms with Crippen LogP contribution in [0.15, 0.2) is 73.1 Å². The minimum absolute atomic E-state index is 0.420. The normalized spacial score (nSPS) is 17.7. The van der Waals surface area contributed by atoms with Crippen molar-refractivity contribution in [3.05, 3.63) is 95.6 Å². The first-order valence-electron chi connectivity index (χ1n) is 9.01. The van der Waals surface area contributed by atoms with Crippen molar-refractivity contribution in [2.75, 3.05) is 6.54 Å². The van der Waals surface area contributed by atoms with E-state index >= 15 is 0 Å². The molecule has 0 saturated carbocycles. The van der Waals surface area contributed by atoms with E-state index in [-0.39, 0.29) is 0 Å². The molecule has 0 amide bonds. The fourth-order valence-electron chi connectivity index (χ4n) is 3.66. The second-order valence-corrected chi connectivity index (χ2v) is 6.70. The van der Waals surface area contributed by atoms with Crippen molar-refractivity contribution in [2.45, 2.75) is 31.8 Å². The summed E-state index contributed by atoms with van der Waals surface area (Å²) in [4.78, 5) is 11.7. The largest absolute Gasteiger partial charge is 0.291 e. The minimum Gasteiger partial charge on any atom is -0.291 e. The Hall–Kier alpha value is -2.52. The molecular weight excluding hydrogens is 306 g/mol. The molecule has 3 nitrogen and oxygen atoms in total. The highest BCUT2D eigenvalue weighted by atomic mass is 15.2. The maximum absolute atomic E-state index is 4.99. The molecule has 1 aromatic carbocycles. The van der Waals surface area contributed by atoms with Gasteiger partial charge in [0.1, 0.15) is 0 Å². The lowest BCUT2D eigenvalue weighted by Crippen LogP contribution is -2.23. The molecule has 2 aromatic heterocycles. The number of benzene rings is 1. The lowest BCUT2D eigenvalue weighted by Gasteiger charge is -2.24. The zero-order chi connectivity index (χ0) is 16.9. The van der Waals surface area contributed by atoms with Crippen LogP contribution in [0.4, 0.5) is 0 Å². The first-order valence-corrected chi connectivity index (χ1v) is 9.01. The summed E-state index contributed by atoms with van der Waals surface area (Å²) in [6.45, 7) is 2.11. The first-order chi connectivity index (χ1) is 12.4. The van der Waals surface area contributed by atoms with Gasteiger partial charge in [-0.15, -0.1) is 0 Å². The maximum atomic E-state index is 4.99. The summed E-state index contributed by atoms with van der Waals surface area (Å²) in [7, 11) is 0. The van der Waals surface area contributed by atoms with Crippen LogP contribution in [0.5, 0.6) is 0 Å². The Morgan fingerprint density at radius 1 is 0.880 bits per heavy atom. The highest BCUT2D eigenvalue weighted by Gasteiger charge is 2.27. The number of hydrogen-bond acceptors (Lipinski definition) is 3. The Labute approximate surface area is 149 Å². The molecule has 1 aliphatic heterocycles. The third-order valence-corrected chi connectivity index (χ3v) is 4.90. The van der Waals surface area contributed by atoms with Crippen LogP contribution in [-0.4, -0.2) is 21.4 Å².